The third-order valence-electron chi connectivity index (χ3n) is 5.27. The predicted octanol–water partition coefficient (Wildman–Crippen LogP) is 4.28. The highest BCUT2D eigenvalue weighted by Crippen LogP contribution is 2.36. The zero-order chi connectivity index (χ0) is 21.3. The fourth-order valence-corrected chi connectivity index (χ4v) is 5.20. The number of azo groups is 1. The van der Waals surface area contributed by atoms with E-state index in [1.54, 1.807) is 6.07 Å². The number of amides is 1. The van der Waals surface area contributed by atoms with Crippen molar-refractivity contribution < 1.29 is 18.3 Å². The van der Waals surface area contributed by atoms with E-state index in [0.717, 1.165) is 24.8 Å². The number of H-pyrrole nitrogens is 1. The second kappa shape index (κ2) is 8.00. The molecule has 2 N–H and O–H groups in total. The molecule has 0 radical (unpaired) electrons. The third-order valence-corrected chi connectivity index (χ3v) is 7.16. The molecule has 1 saturated heterocycles. The van der Waals surface area contributed by atoms with Crippen molar-refractivity contribution in [3.8, 4) is 5.88 Å². The van der Waals surface area contributed by atoms with Gasteiger partial charge in [0.05, 0.1) is 10.4 Å². The number of piperidine rings is 1. The number of hydrogen-bond acceptors (Lipinski definition) is 5. The summed E-state index contributed by atoms with van der Waals surface area (Å²) in [4.78, 5) is 15.4. The van der Waals surface area contributed by atoms with Crippen molar-refractivity contribution in [1.82, 2.24) is 9.29 Å². The van der Waals surface area contributed by atoms with Crippen LogP contribution in [0, 0.1) is 6.92 Å². The van der Waals surface area contributed by atoms with Gasteiger partial charge in [-0.15, -0.1) is 10.2 Å². The van der Waals surface area contributed by atoms with Crippen LogP contribution in [0.5, 0.6) is 5.88 Å². The average molecular weight is 426 g/mol. The Balaban J connectivity index is 1.61. The molecule has 2 heterocycles. The van der Waals surface area contributed by atoms with Crippen LogP contribution in [-0.2, 0) is 10.0 Å². The lowest BCUT2D eigenvalue weighted by atomic mass is 10.1. The van der Waals surface area contributed by atoms with E-state index in [4.69, 9.17) is 0 Å². The topological polar surface area (TPSA) is 115 Å². The summed E-state index contributed by atoms with van der Waals surface area (Å²) in [6.07, 6.45) is 2.68. The molecule has 156 valence electrons. The minimum atomic E-state index is -3.65. The number of aromatic nitrogens is 1. The molecule has 1 aliphatic rings. The van der Waals surface area contributed by atoms with Crippen molar-refractivity contribution in [2.75, 3.05) is 13.1 Å². The maximum Gasteiger partial charge on any atom is 0.295 e. The van der Waals surface area contributed by atoms with Gasteiger partial charge in [0.2, 0.25) is 15.9 Å². The molecule has 0 saturated carbocycles. The lowest BCUT2D eigenvalue weighted by Crippen LogP contribution is -2.35. The van der Waals surface area contributed by atoms with Gasteiger partial charge >= 0.3 is 0 Å². The summed E-state index contributed by atoms with van der Waals surface area (Å²) in [5.41, 5.74) is 1.92. The third kappa shape index (κ3) is 3.73. The number of fused-ring (bicyclic) bond motifs is 1. The summed E-state index contributed by atoms with van der Waals surface area (Å²) in [7, 11) is -3.65. The van der Waals surface area contributed by atoms with Crippen LogP contribution in [0.1, 0.15) is 35.2 Å². The zero-order valence-electron chi connectivity index (χ0n) is 16.5. The number of carbonyl (C=O) groups excluding carboxylic acids is 1. The Kier molecular flexibility index (Phi) is 5.40. The van der Waals surface area contributed by atoms with Gasteiger partial charge in [0.1, 0.15) is 0 Å². The van der Waals surface area contributed by atoms with Gasteiger partial charge in [0.15, 0.2) is 5.69 Å². The molecule has 9 heteroatoms. The monoisotopic (exact) mass is 426 g/mol. The van der Waals surface area contributed by atoms with Gasteiger partial charge in [0.25, 0.3) is 5.91 Å². The SMILES string of the molecule is Cc1cccc2c(N=NC(=O)c3cccc(S(=O)(=O)N4CCCCC4)c3)c(O)[nH]c12. The molecule has 0 bridgehead atoms. The highest BCUT2D eigenvalue weighted by atomic mass is 32.2. The van der Waals surface area contributed by atoms with E-state index in [1.807, 2.05) is 19.1 Å². The standard InChI is InChI=1S/C21H22N4O4S/c1-14-7-5-10-17-18(14)22-21(27)19(17)23-24-20(26)15-8-6-9-16(13-15)30(28,29)25-11-3-2-4-12-25/h5-10,13,22,27H,2-4,11-12H2,1H3. The molecule has 1 amide bonds. The van der Waals surface area contributed by atoms with Crippen LogP contribution in [0.3, 0.4) is 0 Å². The number of aryl methyl sites for hydroxylation is 1. The molecule has 30 heavy (non-hydrogen) atoms. The quantitative estimate of drug-likeness (QED) is 0.606. The summed E-state index contributed by atoms with van der Waals surface area (Å²) < 4.78 is 27.2. The largest absolute Gasteiger partial charge is 0.493 e. The number of benzene rings is 2. The van der Waals surface area contributed by atoms with Crippen molar-refractivity contribution >= 4 is 32.5 Å². The van der Waals surface area contributed by atoms with E-state index >= 15 is 0 Å². The Bertz CT molecular complexity index is 1240. The Hall–Kier alpha value is -3.04. The number of aromatic amines is 1. The first-order chi connectivity index (χ1) is 14.4. The Morgan fingerprint density at radius 2 is 1.83 bits per heavy atom. The summed E-state index contributed by atoms with van der Waals surface area (Å²) in [5, 5.41) is 18.4. The summed E-state index contributed by atoms with van der Waals surface area (Å²) in [6.45, 7) is 2.86. The maximum atomic E-state index is 12.9. The molecule has 1 fully saturated rings. The van der Waals surface area contributed by atoms with Crippen molar-refractivity contribution in [3.05, 3.63) is 53.6 Å². The van der Waals surface area contributed by atoms with Crippen LogP contribution in [-0.4, -0.2) is 41.8 Å². The van der Waals surface area contributed by atoms with Gasteiger partial charge in [-0.2, -0.15) is 4.31 Å². The van der Waals surface area contributed by atoms with Gasteiger partial charge < -0.3 is 10.1 Å². The van der Waals surface area contributed by atoms with Gasteiger partial charge in [-0.25, -0.2) is 8.42 Å². The van der Waals surface area contributed by atoms with Crippen LogP contribution in [0.4, 0.5) is 5.69 Å². The van der Waals surface area contributed by atoms with Gasteiger partial charge in [0, 0.05) is 24.0 Å². The molecule has 0 atom stereocenters. The smallest absolute Gasteiger partial charge is 0.295 e. The van der Waals surface area contributed by atoms with Gasteiger partial charge in [-0.3, -0.25) is 4.79 Å². The van der Waals surface area contributed by atoms with E-state index in [-0.39, 0.29) is 22.0 Å². The molecule has 8 nitrogen and oxygen atoms in total. The van der Waals surface area contributed by atoms with Crippen molar-refractivity contribution in [1.29, 1.82) is 0 Å². The molecular weight excluding hydrogens is 404 g/mol. The molecular formula is C21H22N4O4S. The molecule has 0 unspecified atom stereocenters. The summed E-state index contributed by atoms with van der Waals surface area (Å²) >= 11 is 0. The number of hydrogen-bond donors (Lipinski definition) is 2. The van der Waals surface area contributed by atoms with Gasteiger partial charge in [-0.1, -0.05) is 30.7 Å². The number of para-hydroxylation sites is 1. The average Bonchev–Trinajstić information content (AvgIpc) is 3.09. The Morgan fingerprint density at radius 3 is 2.60 bits per heavy atom. The van der Waals surface area contributed by atoms with Crippen molar-refractivity contribution in [3.63, 3.8) is 0 Å². The Morgan fingerprint density at radius 1 is 1.10 bits per heavy atom. The van der Waals surface area contributed by atoms with E-state index in [2.05, 4.69) is 15.2 Å². The minimum Gasteiger partial charge on any atom is -0.493 e. The lowest BCUT2D eigenvalue weighted by molar-refractivity contribution is 0.0995. The predicted molar refractivity (Wildman–Crippen MR) is 113 cm³/mol. The number of nitrogens with one attached hydrogen (secondary N) is 1. The van der Waals surface area contributed by atoms with Gasteiger partial charge in [-0.05, 0) is 43.5 Å². The fraction of sp³-hybridized carbons (Fsp3) is 0.286. The van der Waals surface area contributed by atoms with E-state index in [0.29, 0.717) is 24.0 Å². The lowest BCUT2D eigenvalue weighted by Gasteiger charge is -2.25. The summed E-state index contributed by atoms with van der Waals surface area (Å²) in [6, 6.07) is 11.3. The van der Waals surface area contributed by atoms with Crippen LogP contribution in [0.15, 0.2) is 57.6 Å². The number of sulfonamides is 1. The molecule has 4 rings (SSSR count). The molecule has 2 aromatic carbocycles. The molecule has 3 aromatic rings. The zero-order valence-corrected chi connectivity index (χ0v) is 17.3. The molecule has 1 aliphatic heterocycles. The fourth-order valence-electron chi connectivity index (χ4n) is 3.63. The summed E-state index contributed by atoms with van der Waals surface area (Å²) in [5.74, 6) is -0.871. The first kappa shape index (κ1) is 20.2. The van der Waals surface area contributed by atoms with E-state index < -0.39 is 15.9 Å². The number of carbonyl (C=O) groups is 1. The maximum absolute atomic E-state index is 12.9. The van der Waals surface area contributed by atoms with E-state index in [1.165, 1.54) is 28.6 Å². The second-order valence-electron chi connectivity index (χ2n) is 7.32. The highest BCUT2D eigenvalue weighted by molar-refractivity contribution is 7.89. The Labute approximate surface area is 174 Å². The normalized spacial score (nSPS) is 15.8. The second-order valence-corrected chi connectivity index (χ2v) is 9.26. The molecule has 0 aliphatic carbocycles. The van der Waals surface area contributed by atoms with Crippen LogP contribution < -0.4 is 0 Å². The van der Waals surface area contributed by atoms with E-state index in [9.17, 15) is 18.3 Å². The number of nitrogens with zero attached hydrogens (tertiary/aromatic N) is 3. The number of rotatable bonds is 4. The highest BCUT2D eigenvalue weighted by Gasteiger charge is 2.26. The van der Waals surface area contributed by atoms with Crippen LogP contribution in [0.2, 0.25) is 0 Å². The minimum absolute atomic E-state index is 0.0658. The van der Waals surface area contributed by atoms with Crippen molar-refractivity contribution in [2.45, 2.75) is 31.1 Å². The first-order valence-corrected chi connectivity index (χ1v) is 11.2. The first-order valence-electron chi connectivity index (χ1n) is 9.74. The van der Waals surface area contributed by atoms with Crippen molar-refractivity contribution in [2.24, 2.45) is 10.2 Å². The molecule has 1 aromatic heterocycles. The van der Waals surface area contributed by atoms with Crippen LogP contribution in [0.25, 0.3) is 10.9 Å². The van der Waals surface area contributed by atoms with Crippen LogP contribution >= 0.6 is 0 Å². The molecule has 0 spiro atoms. The number of aromatic hydroxyl groups is 1.